The molecule has 0 atom stereocenters. The highest BCUT2D eigenvalue weighted by Gasteiger charge is 2.16. The second-order valence-corrected chi connectivity index (χ2v) is 9.73. The van der Waals surface area contributed by atoms with Gasteiger partial charge in [-0.15, -0.1) is 11.3 Å². The Morgan fingerprint density at radius 2 is 1.71 bits per heavy atom. The first-order valence-corrected chi connectivity index (χ1v) is 12.8. The molecule has 3 N–H and O–H groups in total. The van der Waals surface area contributed by atoms with E-state index in [1.165, 1.54) is 0 Å². The molecule has 0 aliphatic rings. The second-order valence-electron chi connectivity index (χ2n) is 8.78. The number of aromatic nitrogens is 6. The van der Waals surface area contributed by atoms with E-state index in [0.29, 0.717) is 16.9 Å². The first kappa shape index (κ1) is 22.1. The van der Waals surface area contributed by atoms with Crippen LogP contribution in [0.3, 0.4) is 0 Å². The second kappa shape index (κ2) is 9.06. The van der Waals surface area contributed by atoms with Crippen LogP contribution >= 0.6 is 11.3 Å². The fraction of sp³-hybridized carbons (Fsp3) is 0. The van der Waals surface area contributed by atoms with Gasteiger partial charge in [0.1, 0.15) is 5.69 Å². The fourth-order valence-corrected chi connectivity index (χ4v) is 5.28. The molecule has 38 heavy (non-hydrogen) atoms. The molecule has 0 radical (unpaired) electrons. The number of anilines is 1. The third-order valence-corrected chi connectivity index (χ3v) is 7.27. The van der Waals surface area contributed by atoms with Gasteiger partial charge in [-0.3, -0.25) is 19.9 Å². The van der Waals surface area contributed by atoms with Crippen molar-refractivity contribution < 1.29 is 4.79 Å². The Labute approximate surface area is 220 Å². The number of H-pyrrole nitrogens is 2. The van der Waals surface area contributed by atoms with Crippen LogP contribution in [0, 0.1) is 0 Å². The van der Waals surface area contributed by atoms with Crippen molar-refractivity contribution in [2.75, 3.05) is 5.32 Å². The van der Waals surface area contributed by atoms with Crippen molar-refractivity contribution in [3.05, 3.63) is 103 Å². The third-order valence-electron chi connectivity index (χ3n) is 6.37. The predicted molar refractivity (Wildman–Crippen MR) is 150 cm³/mol. The fourth-order valence-electron chi connectivity index (χ4n) is 4.53. The Kier molecular flexibility index (Phi) is 5.26. The van der Waals surface area contributed by atoms with Crippen molar-refractivity contribution in [1.82, 2.24) is 30.1 Å². The standard InChI is InChI=1S/C29H19N7OS/c37-29(17-5-2-1-3-6-17)33-20-9-18(12-30-14-20)19-10-22-27(35-36-28(22)32-13-19)24-11-21-23(26-7-4-8-38-26)15-31-16-25(21)34-24/h1-16,34H,(H,33,37)(H,32,35,36). The van der Waals surface area contributed by atoms with Crippen molar-refractivity contribution in [2.24, 2.45) is 0 Å². The molecule has 1 aromatic carbocycles. The van der Waals surface area contributed by atoms with Crippen LogP contribution in [0.25, 0.3) is 54.9 Å². The molecule has 0 aliphatic carbocycles. The highest BCUT2D eigenvalue weighted by Crippen LogP contribution is 2.35. The topological polar surface area (TPSA) is 112 Å². The van der Waals surface area contributed by atoms with Crippen LogP contribution in [0.4, 0.5) is 5.69 Å². The van der Waals surface area contributed by atoms with Crippen LogP contribution in [0.2, 0.25) is 0 Å². The summed E-state index contributed by atoms with van der Waals surface area (Å²) in [7, 11) is 0. The molecular weight excluding hydrogens is 494 g/mol. The Morgan fingerprint density at radius 3 is 2.58 bits per heavy atom. The van der Waals surface area contributed by atoms with E-state index in [-0.39, 0.29) is 5.91 Å². The first-order chi connectivity index (χ1) is 18.7. The van der Waals surface area contributed by atoms with Crippen LogP contribution < -0.4 is 5.32 Å². The van der Waals surface area contributed by atoms with Gasteiger partial charge in [-0.25, -0.2) is 4.98 Å². The van der Waals surface area contributed by atoms with Gasteiger partial charge in [-0.2, -0.15) is 5.10 Å². The van der Waals surface area contributed by atoms with Gasteiger partial charge in [0.15, 0.2) is 5.65 Å². The van der Waals surface area contributed by atoms with Crippen molar-refractivity contribution in [2.45, 2.75) is 0 Å². The number of carbonyl (C=O) groups excluding carboxylic acids is 1. The van der Waals surface area contributed by atoms with Crippen molar-refractivity contribution in [3.8, 4) is 33.0 Å². The van der Waals surface area contributed by atoms with Crippen LogP contribution in [0.5, 0.6) is 0 Å². The van der Waals surface area contributed by atoms with Gasteiger partial charge in [-0.05, 0) is 41.8 Å². The SMILES string of the molecule is O=C(Nc1cncc(-c2cnc3[nH]nc(-c4cc5c(-c6cccs6)cncc5[nH]4)c3c2)c1)c1ccccc1. The number of hydrogen-bond acceptors (Lipinski definition) is 6. The van der Waals surface area contributed by atoms with Crippen LogP contribution in [0.15, 0.2) is 97.0 Å². The molecule has 0 saturated carbocycles. The lowest BCUT2D eigenvalue weighted by Gasteiger charge is -2.07. The smallest absolute Gasteiger partial charge is 0.255 e. The molecule has 9 heteroatoms. The molecule has 8 nitrogen and oxygen atoms in total. The Bertz CT molecular complexity index is 1920. The Morgan fingerprint density at radius 1 is 0.842 bits per heavy atom. The summed E-state index contributed by atoms with van der Waals surface area (Å²) in [5.74, 6) is -0.189. The number of benzene rings is 1. The molecule has 0 unspecified atom stereocenters. The highest BCUT2D eigenvalue weighted by atomic mass is 32.1. The van der Waals surface area contributed by atoms with Crippen LogP contribution in [-0.4, -0.2) is 36.0 Å². The minimum absolute atomic E-state index is 0.189. The molecule has 6 aromatic heterocycles. The zero-order valence-electron chi connectivity index (χ0n) is 19.8. The summed E-state index contributed by atoms with van der Waals surface area (Å²) in [5.41, 5.74) is 7.23. The highest BCUT2D eigenvalue weighted by molar-refractivity contribution is 7.13. The maximum Gasteiger partial charge on any atom is 0.255 e. The van der Waals surface area contributed by atoms with Gasteiger partial charge in [0, 0.05) is 56.5 Å². The van der Waals surface area contributed by atoms with Crippen molar-refractivity contribution in [3.63, 3.8) is 0 Å². The lowest BCUT2D eigenvalue weighted by atomic mass is 10.1. The Balaban J connectivity index is 1.25. The maximum atomic E-state index is 12.6. The maximum absolute atomic E-state index is 12.6. The number of rotatable bonds is 5. The third kappa shape index (κ3) is 3.91. The Hall–Kier alpha value is -5.15. The summed E-state index contributed by atoms with van der Waals surface area (Å²) < 4.78 is 0. The molecule has 0 saturated heterocycles. The van der Waals surface area contributed by atoms with E-state index in [0.717, 1.165) is 49.2 Å². The number of carbonyl (C=O) groups is 1. The summed E-state index contributed by atoms with van der Waals surface area (Å²) in [6.45, 7) is 0. The summed E-state index contributed by atoms with van der Waals surface area (Å²) in [6.07, 6.45) is 8.88. The summed E-state index contributed by atoms with van der Waals surface area (Å²) in [4.78, 5) is 30.6. The average molecular weight is 514 g/mol. The van der Waals surface area contributed by atoms with Crippen LogP contribution in [0.1, 0.15) is 10.4 Å². The molecule has 0 aliphatic heterocycles. The van der Waals surface area contributed by atoms with E-state index < -0.39 is 0 Å². The molecule has 7 rings (SSSR count). The molecule has 0 bridgehead atoms. The molecule has 1 amide bonds. The number of fused-ring (bicyclic) bond motifs is 2. The normalized spacial score (nSPS) is 11.3. The van der Waals surface area contributed by atoms with E-state index in [1.54, 1.807) is 42.1 Å². The zero-order valence-corrected chi connectivity index (χ0v) is 20.7. The number of aromatic amines is 2. The lowest BCUT2D eigenvalue weighted by Crippen LogP contribution is -2.11. The number of hydrogen-bond donors (Lipinski definition) is 3. The van der Waals surface area contributed by atoms with Gasteiger partial charge >= 0.3 is 0 Å². The van der Waals surface area contributed by atoms with E-state index in [4.69, 9.17) is 0 Å². The number of nitrogens with zero attached hydrogens (tertiary/aromatic N) is 4. The largest absolute Gasteiger partial charge is 0.352 e. The van der Waals surface area contributed by atoms with Gasteiger partial charge in [0.25, 0.3) is 5.91 Å². The number of pyridine rings is 3. The minimum Gasteiger partial charge on any atom is -0.352 e. The van der Waals surface area contributed by atoms with Gasteiger partial charge in [0.05, 0.1) is 29.3 Å². The zero-order chi connectivity index (χ0) is 25.5. The number of nitrogens with one attached hydrogen (secondary N) is 3. The molecular formula is C29H19N7OS. The molecule has 0 spiro atoms. The lowest BCUT2D eigenvalue weighted by molar-refractivity contribution is 0.102. The van der Waals surface area contributed by atoms with E-state index in [9.17, 15) is 4.79 Å². The van der Waals surface area contributed by atoms with Gasteiger partial charge < -0.3 is 10.3 Å². The summed E-state index contributed by atoms with van der Waals surface area (Å²) in [6, 6.07) is 19.2. The van der Waals surface area contributed by atoms with E-state index >= 15 is 0 Å². The first-order valence-electron chi connectivity index (χ1n) is 11.9. The number of amides is 1. The minimum atomic E-state index is -0.189. The molecule has 182 valence electrons. The van der Waals surface area contributed by atoms with Crippen molar-refractivity contribution >= 4 is 44.9 Å². The molecule has 6 heterocycles. The van der Waals surface area contributed by atoms with E-state index in [1.807, 2.05) is 48.8 Å². The van der Waals surface area contributed by atoms with Gasteiger partial charge in [0.2, 0.25) is 0 Å². The number of thiophene rings is 1. The molecule has 7 aromatic rings. The predicted octanol–water partition coefficient (Wildman–Crippen LogP) is 6.54. The van der Waals surface area contributed by atoms with Gasteiger partial charge in [-0.1, -0.05) is 24.3 Å². The van der Waals surface area contributed by atoms with Crippen LogP contribution in [-0.2, 0) is 0 Å². The monoisotopic (exact) mass is 513 g/mol. The summed E-state index contributed by atoms with van der Waals surface area (Å²) in [5, 5.41) is 14.6. The molecule has 0 fully saturated rings. The average Bonchev–Trinajstić information content (AvgIpc) is 3.73. The quantitative estimate of drug-likeness (QED) is 0.242. The van der Waals surface area contributed by atoms with Crippen molar-refractivity contribution in [1.29, 1.82) is 0 Å². The van der Waals surface area contributed by atoms with E-state index in [2.05, 4.69) is 53.0 Å². The summed E-state index contributed by atoms with van der Waals surface area (Å²) >= 11 is 1.69.